The lowest BCUT2D eigenvalue weighted by atomic mass is 10.1. The minimum Gasteiger partial charge on any atom is -0.481 e. The van der Waals surface area contributed by atoms with E-state index in [4.69, 9.17) is 5.11 Å². The quantitative estimate of drug-likeness (QED) is 0.617. The molecule has 1 heterocycles. The maximum atomic E-state index is 12.2. The Labute approximate surface area is 119 Å². The van der Waals surface area contributed by atoms with Gasteiger partial charge in [0.2, 0.25) is 10.0 Å². The highest BCUT2D eigenvalue weighted by molar-refractivity contribution is 7.89. The Hall–Kier alpha value is -2.13. The number of sulfonamides is 1. The van der Waals surface area contributed by atoms with Crippen LogP contribution in [0.2, 0.25) is 0 Å². The summed E-state index contributed by atoms with van der Waals surface area (Å²) in [6.45, 7) is -0.133. The third kappa shape index (κ3) is 2.45. The summed E-state index contributed by atoms with van der Waals surface area (Å²) in [6.07, 6.45) is 0.935. The predicted octanol–water partition coefficient (Wildman–Crippen LogP) is -0.000700. The molecule has 0 radical (unpaired) electrons. The molecule has 0 saturated heterocycles. The number of rotatable bonds is 5. The molecule has 0 spiro atoms. The van der Waals surface area contributed by atoms with Gasteiger partial charge in [0.1, 0.15) is 0 Å². The zero-order chi connectivity index (χ0) is 15.3. The lowest BCUT2D eigenvalue weighted by Crippen LogP contribution is -2.34. The third-order valence-electron chi connectivity index (χ3n) is 3.71. The fourth-order valence-corrected chi connectivity index (χ4v) is 3.27. The van der Waals surface area contributed by atoms with Gasteiger partial charge in [-0.2, -0.15) is 0 Å². The lowest BCUT2D eigenvalue weighted by Gasteiger charge is -2.11. The number of fused-ring (bicyclic) bond motifs is 1. The van der Waals surface area contributed by atoms with E-state index < -0.39 is 27.1 Å². The van der Waals surface area contributed by atoms with Crippen LogP contribution in [0.1, 0.15) is 12.8 Å². The summed E-state index contributed by atoms with van der Waals surface area (Å²) in [5.41, 5.74) is -0.514. The standard InChI is InChI=1S/C12H13N3O5S/c16-10(17)12(3-4-12)6-13-21(19,20)7-1-2-8-9(5-7)15-11(18)14-8/h1-2,5,13H,3-4,6H2,(H,16,17)(H2,14,15,18). The van der Waals surface area contributed by atoms with E-state index in [-0.39, 0.29) is 11.4 Å². The molecule has 8 nitrogen and oxygen atoms in total. The van der Waals surface area contributed by atoms with Crippen LogP contribution in [0.5, 0.6) is 0 Å². The van der Waals surface area contributed by atoms with Crippen molar-refractivity contribution in [1.82, 2.24) is 14.7 Å². The molecule has 0 aliphatic heterocycles. The number of imidazole rings is 1. The van der Waals surface area contributed by atoms with E-state index in [9.17, 15) is 18.0 Å². The highest BCUT2D eigenvalue weighted by Crippen LogP contribution is 2.45. The van der Waals surface area contributed by atoms with Crippen LogP contribution in [-0.2, 0) is 14.8 Å². The second kappa shape index (κ2) is 4.43. The van der Waals surface area contributed by atoms with Crippen LogP contribution in [0.3, 0.4) is 0 Å². The highest BCUT2D eigenvalue weighted by atomic mass is 32.2. The van der Waals surface area contributed by atoms with Gasteiger partial charge >= 0.3 is 11.7 Å². The van der Waals surface area contributed by atoms with E-state index >= 15 is 0 Å². The van der Waals surface area contributed by atoms with Crippen LogP contribution in [-0.4, -0.2) is 36.0 Å². The maximum absolute atomic E-state index is 12.2. The fourth-order valence-electron chi connectivity index (χ4n) is 2.11. The number of aromatic amines is 2. The number of hydrogen-bond acceptors (Lipinski definition) is 4. The number of aliphatic carboxylic acids is 1. The zero-order valence-electron chi connectivity index (χ0n) is 10.8. The van der Waals surface area contributed by atoms with E-state index in [0.717, 1.165) is 0 Å². The molecule has 0 bridgehead atoms. The summed E-state index contributed by atoms with van der Waals surface area (Å²) >= 11 is 0. The van der Waals surface area contributed by atoms with Crippen molar-refractivity contribution in [3.8, 4) is 0 Å². The summed E-state index contributed by atoms with van der Waals surface area (Å²) in [6, 6.07) is 4.16. The molecule has 0 amide bonds. The first-order valence-electron chi connectivity index (χ1n) is 6.28. The van der Waals surface area contributed by atoms with Crippen molar-refractivity contribution in [3.63, 3.8) is 0 Å². The van der Waals surface area contributed by atoms with Crippen molar-refractivity contribution in [2.75, 3.05) is 6.54 Å². The summed E-state index contributed by atoms with van der Waals surface area (Å²) in [7, 11) is -3.82. The summed E-state index contributed by atoms with van der Waals surface area (Å²) in [5, 5.41) is 9.04. The Morgan fingerprint density at radius 1 is 1.29 bits per heavy atom. The molecule has 1 aromatic carbocycles. The first-order chi connectivity index (χ1) is 9.82. The van der Waals surface area contributed by atoms with Gasteiger partial charge in [-0.15, -0.1) is 0 Å². The van der Waals surface area contributed by atoms with Crippen molar-refractivity contribution >= 4 is 27.0 Å². The van der Waals surface area contributed by atoms with Gasteiger partial charge in [-0.25, -0.2) is 17.9 Å². The molecule has 1 aliphatic rings. The van der Waals surface area contributed by atoms with Gasteiger partial charge < -0.3 is 15.1 Å². The maximum Gasteiger partial charge on any atom is 0.323 e. The highest BCUT2D eigenvalue weighted by Gasteiger charge is 2.50. The normalized spacial score (nSPS) is 17.0. The molecule has 1 aliphatic carbocycles. The third-order valence-corrected chi connectivity index (χ3v) is 5.10. The van der Waals surface area contributed by atoms with E-state index in [0.29, 0.717) is 23.9 Å². The first kappa shape index (κ1) is 13.8. The summed E-state index contributed by atoms with van der Waals surface area (Å²) in [4.78, 5) is 27.2. The van der Waals surface area contributed by atoms with Crippen LogP contribution >= 0.6 is 0 Å². The van der Waals surface area contributed by atoms with Crippen molar-refractivity contribution in [3.05, 3.63) is 28.7 Å². The van der Waals surface area contributed by atoms with Gasteiger partial charge in [-0.05, 0) is 31.0 Å². The molecule has 1 aromatic heterocycles. The monoisotopic (exact) mass is 311 g/mol. The van der Waals surface area contributed by atoms with Gasteiger partial charge in [0.25, 0.3) is 0 Å². The number of aromatic nitrogens is 2. The zero-order valence-corrected chi connectivity index (χ0v) is 11.7. The van der Waals surface area contributed by atoms with Crippen LogP contribution in [0.15, 0.2) is 27.9 Å². The Morgan fingerprint density at radius 2 is 1.95 bits per heavy atom. The second-order valence-corrected chi connectivity index (χ2v) is 6.96. The molecule has 21 heavy (non-hydrogen) atoms. The van der Waals surface area contributed by atoms with Crippen LogP contribution in [0, 0.1) is 5.41 Å². The Balaban J connectivity index is 1.86. The molecule has 1 fully saturated rings. The number of H-pyrrole nitrogens is 2. The Bertz CT molecular complexity index is 876. The number of carbonyl (C=O) groups is 1. The molecule has 4 N–H and O–H groups in total. The fraction of sp³-hybridized carbons (Fsp3) is 0.333. The number of carboxylic acid groups (broad SMARTS) is 1. The van der Waals surface area contributed by atoms with Gasteiger partial charge in [-0.3, -0.25) is 4.79 Å². The van der Waals surface area contributed by atoms with Crippen molar-refractivity contribution in [1.29, 1.82) is 0 Å². The molecule has 9 heteroatoms. The Morgan fingerprint density at radius 3 is 2.57 bits per heavy atom. The van der Waals surface area contributed by atoms with Crippen molar-refractivity contribution in [2.45, 2.75) is 17.7 Å². The molecule has 112 valence electrons. The molecular formula is C12H13N3O5S. The lowest BCUT2D eigenvalue weighted by molar-refractivity contribution is -0.143. The van der Waals surface area contributed by atoms with Gasteiger partial charge in [0.05, 0.1) is 21.3 Å². The van der Waals surface area contributed by atoms with Gasteiger partial charge in [0, 0.05) is 6.54 Å². The minimum atomic E-state index is -3.82. The molecule has 0 unspecified atom stereocenters. The van der Waals surface area contributed by atoms with E-state index in [1.165, 1.54) is 18.2 Å². The average molecular weight is 311 g/mol. The van der Waals surface area contributed by atoms with Crippen LogP contribution < -0.4 is 10.4 Å². The molecule has 0 atom stereocenters. The number of hydrogen-bond donors (Lipinski definition) is 4. The van der Waals surface area contributed by atoms with E-state index in [1.54, 1.807) is 0 Å². The van der Waals surface area contributed by atoms with Crippen molar-refractivity contribution < 1.29 is 18.3 Å². The van der Waals surface area contributed by atoms with Gasteiger partial charge in [0.15, 0.2) is 0 Å². The van der Waals surface area contributed by atoms with Gasteiger partial charge in [-0.1, -0.05) is 0 Å². The molecule has 1 saturated carbocycles. The Kier molecular flexibility index (Phi) is 2.92. The number of benzene rings is 1. The number of nitrogens with one attached hydrogen (secondary N) is 3. The molecule has 2 aromatic rings. The summed E-state index contributed by atoms with van der Waals surface area (Å²) < 4.78 is 26.7. The number of carboxylic acids is 1. The van der Waals surface area contributed by atoms with Crippen LogP contribution in [0.25, 0.3) is 11.0 Å². The van der Waals surface area contributed by atoms with Crippen molar-refractivity contribution in [2.24, 2.45) is 5.41 Å². The van der Waals surface area contributed by atoms with E-state index in [1.807, 2.05) is 0 Å². The SMILES string of the molecule is O=C(O)C1(CNS(=O)(=O)c2ccc3[nH]c(=O)[nH]c3c2)CC1. The van der Waals surface area contributed by atoms with Crippen LogP contribution in [0.4, 0.5) is 0 Å². The molecular weight excluding hydrogens is 298 g/mol. The second-order valence-electron chi connectivity index (χ2n) is 5.20. The average Bonchev–Trinajstić information content (AvgIpc) is 3.12. The van der Waals surface area contributed by atoms with E-state index in [2.05, 4.69) is 14.7 Å². The minimum absolute atomic E-state index is 0.0218. The topological polar surface area (TPSA) is 132 Å². The first-order valence-corrected chi connectivity index (χ1v) is 7.76. The largest absolute Gasteiger partial charge is 0.481 e. The summed E-state index contributed by atoms with van der Waals surface area (Å²) in [5.74, 6) is -0.990. The predicted molar refractivity (Wildman–Crippen MR) is 73.4 cm³/mol. The smallest absolute Gasteiger partial charge is 0.323 e. The molecule has 3 rings (SSSR count).